The SMILES string of the molecule is Cc1cnc(Nc2ccnn2C)nc1-c1coc(C(=O)NCc2ccc(C(F)(F)F)cc2)n1. The molecular weight excluding hydrogens is 439 g/mol. The molecule has 0 radical (unpaired) electrons. The number of alkyl halides is 3. The minimum Gasteiger partial charge on any atom is -0.440 e. The van der Waals surface area contributed by atoms with Crippen molar-refractivity contribution >= 4 is 17.7 Å². The van der Waals surface area contributed by atoms with Gasteiger partial charge in [0.15, 0.2) is 0 Å². The number of aryl methyl sites for hydroxylation is 2. The van der Waals surface area contributed by atoms with Gasteiger partial charge in [0.2, 0.25) is 5.95 Å². The number of carbonyl (C=O) groups is 1. The van der Waals surface area contributed by atoms with Crippen LogP contribution in [0.5, 0.6) is 0 Å². The molecule has 3 heterocycles. The zero-order chi connectivity index (χ0) is 23.6. The summed E-state index contributed by atoms with van der Waals surface area (Å²) in [5.41, 5.74) is 1.27. The second-order valence-electron chi connectivity index (χ2n) is 7.11. The van der Waals surface area contributed by atoms with Crippen LogP contribution in [0.1, 0.15) is 27.4 Å². The number of amides is 1. The topological polar surface area (TPSA) is 111 Å². The first-order valence-electron chi connectivity index (χ1n) is 9.69. The Labute approximate surface area is 185 Å². The average molecular weight is 457 g/mol. The van der Waals surface area contributed by atoms with Gasteiger partial charge in [-0.15, -0.1) is 0 Å². The van der Waals surface area contributed by atoms with E-state index in [-0.39, 0.29) is 12.4 Å². The normalized spacial score (nSPS) is 11.4. The Hall–Kier alpha value is -4.22. The minimum absolute atomic E-state index is 0.0139. The second kappa shape index (κ2) is 8.73. The van der Waals surface area contributed by atoms with Gasteiger partial charge in [-0.25, -0.2) is 15.0 Å². The summed E-state index contributed by atoms with van der Waals surface area (Å²) in [7, 11) is 1.77. The maximum Gasteiger partial charge on any atom is 0.416 e. The Balaban J connectivity index is 1.44. The van der Waals surface area contributed by atoms with Gasteiger partial charge in [0, 0.05) is 25.9 Å². The Morgan fingerprint density at radius 3 is 2.58 bits per heavy atom. The van der Waals surface area contributed by atoms with E-state index in [9.17, 15) is 18.0 Å². The quantitative estimate of drug-likeness (QED) is 0.452. The molecule has 0 aliphatic heterocycles. The highest BCUT2D eigenvalue weighted by molar-refractivity contribution is 5.90. The third kappa shape index (κ3) is 5.00. The Morgan fingerprint density at radius 1 is 1.15 bits per heavy atom. The molecule has 12 heteroatoms. The van der Waals surface area contributed by atoms with E-state index in [1.807, 2.05) is 0 Å². The number of nitrogens with zero attached hydrogens (tertiary/aromatic N) is 5. The Bertz CT molecular complexity index is 1280. The molecule has 2 N–H and O–H groups in total. The summed E-state index contributed by atoms with van der Waals surface area (Å²) in [5, 5.41) is 9.67. The number of hydrogen-bond acceptors (Lipinski definition) is 7. The Morgan fingerprint density at radius 2 is 1.91 bits per heavy atom. The monoisotopic (exact) mass is 457 g/mol. The number of rotatable bonds is 6. The number of aromatic nitrogens is 5. The molecule has 0 atom stereocenters. The van der Waals surface area contributed by atoms with Crippen LogP contribution in [0.3, 0.4) is 0 Å². The van der Waals surface area contributed by atoms with Crippen molar-refractivity contribution in [1.29, 1.82) is 0 Å². The second-order valence-corrected chi connectivity index (χ2v) is 7.11. The maximum atomic E-state index is 12.7. The number of oxazole rings is 1. The fraction of sp³-hybridized carbons (Fsp3) is 0.190. The highest BCUT2D eigenvalue weighted by atomic mass is 19.4. The Kier molecular flexibility index (Phi) is 5.82. The third-order valence-corrected chi connectivity index (χ3v) is 4.71. The molecule has 4 aromatic rings. The predicted octanol–water partition coefficient (Wildman–Crippen LogP) is 3.87. The molecule has 0 saturated carbocycles. The lowest BCUT2D eigenvalue weighted by Gasteiger charge is -2.08. The maximum absolute atomic E-state index is 12.7. The van der Waals surface area contributed by atoms with E-state index in [4.69, 9.17) is 4.42 Å². The van der Waals surface area contributed by atoms with Crippen LogP contribution in [-0.2, 0) is 19.8 Å². The van der Waals surface area contributed by atoms with E-state index < -0.39 is 17.6 Å². The van der Waals surface area contributed by atoms with Crippen molar-refractivity contribution in [3.8, 4) is 11.4 Å². The summed E-state index contributed by atoms with van der Waals surface area (Å²) in [6.45, 7) is 1.81. The van der Waals surface area contributed by atoms with Gasteiger partial charge < -0.3 is 15.1 Å². The molecule has 0 aliphatic carbocycles. The van der Waals surface area contributed by atoms with Crippen molar-refractivity contribution in [2.24, 2.45) is 7.05 Å². The van der Waals surface area contributed by atoms with E-state index in [2.05, 4.69) is 30.7 Å². The predicted molar refractivity (Wildman–Crippen MR) is 111 cm³/mol. The van der Waals surface area contributed by atoms with Crippen molar-refractivity contribution in [2.75, 3.05) is 5.32 Å². The highest BCUT2D eigenvalue weighted by Gasteiger charge is 2.30. The number of benzene rings is 1. The molecule has 4 rings (SSSR count). The summed E-state index contributed by atoms with van der Waals surface area (Å²) < 4.78 is 44.9. The van der Waals surface area contributed by atoms with E-state index in [0.717, 1.165) is 17.7 Å². The molecule has 0 aliphatic rings. The smallest absolute Gasteiger partial charge is 0.416 e. The molecule has 33 heavy (non-hydrogen) atoms. The first-order valence-corrected chi connectivity index (χ1v) is 9.69. The molecule has 0 fully saturated rings. The highest BCUT2D eigenvalue weighted by Crippen LogP contribution is 2.29. The largest absolute Gasteiger partial charge is 0.440 e. The zero-order valence-corrected chi connectivity index (χ0v) is 17.5. The molecule has 0 spiro atoms. The van der Waals surface area contributed by atoms with Crippen molar-refractivity contribution < 1.29 is 22.4 Å². The first kappa shape index (κ1) is 22.0. The number of halogens is 3. The average Bonchev–Trinajstić information content (AvgIpc) is 3.43. The molecule has 1 aromatic carbocycles. The van der Waals surface area contributed by atoms with E-state index in [1.54, 1.807) is 37.1 Å². The number of anilines is 2. The molecule has 170 valence electrons. The molecule has 9 nitrogen and oxygen atoms in total. The zero-order valence-electron chi connectivity index (χ0n) is 17.5. The van der Waals surface area contributed by atoms with Gasteiger partial charge in [0.1, 0.15) is 23.5 Å². The van der Waals surface area contributed by atoms with E-state index in [0.29, 0.717) is 28.7 Å². The molecular formula is C21H18F3N7O2. The number of nitrogens with one attached hydrogen (secondary N) is 2. The van der Waals surface area contributed by atoms with Crippen LogP contribution in [-0.4, -0.2) is 30.6 Å². The fourth-order valence-electron chi connectivity index (χ4n) is 2.93. The van der Waals surface area contributed by atoms with Crippen LogP contribution in [0.25, 0.3) is 11.4 Å². The molecule has 3 aromatic heterocycles. The van der Waals surface area contributed by atoms with Crippen LogP contribution >= 0.6 is 0 Å². The van der Waals surface area contributed by atoms with Crippen LogP contribution < -0.4 is 10.6 Å². The van der Waals surface area contributed by atoms with E-state index >= 15 is 0 Å². The van der Waals surface area contributed by atoms with Crippen LogP contribution in [0.2, 0.25) is 0 Å². The van der Waals surface area contributed by atoms with Crippen molar-refractivity contribution in [1.82, 2.24) is 30.0 Å². The lowest BCUT2D eigenvalue weighted by atomic mass is 10.1. The van der Waals surface area contributed by atoms with Gasteiger partial charge >= 0.3 is 12.1 Å². The first-order chi connectivity index (χ1) is 15.7. The van der Waals surface area contributed by atoms with Gasteiger partial charge in [-0.05, 0) is 30.2 Å². The summed E-state index contributed by atoms with van der Waals surface area (Å²) in [6.07, 6.45) is 0.128. The summed E-state index contributed by atoms with van der Waals surface area (Å²) in [5.74, 6) is 0.195. The standard InChI is InChI=1S/C21H18F3N7O2/c1-12-9-26-20(29-16-7-8-27-31(16)2)30-17(12)15-11-33-19(28-15)18(32)25-10-13-3-5-14(6-4-13)21(22,23)24/h3-9,11H,10H2,1-2H3,(H,25,32)(H,26,29,30). The number of hydrogen-bond donors (Lipinski definition) is 2. The summed E-state index contributed by atoms with van der Waals surface area (Å²) in [6, 6.07) is 6.27. The summed E-state index contributed by atoms with van der Waals surface area (Å²) in [4.78, 5) is 25.3. The minimum atomic E-state index is -4.41. The fourth-order valence-corrected chi connectivity index (χ4v) is 2.93. The number of carbonyl (C=O) groups excluding carboxylic acids is 1. The van der Waals surface area contributed by atoms with Gasteiger partial charge in [-0.2, -0.15) is 18.3 Å². The van der Waals surface area contributed by atoms with Crippen molar-refractivity contribution in [3.05, 3.63) is 71.6 Å². The van der Waals surface area contributed by atoms with Gasteiger partial charge in [0.05, 0.1) is 11.8 Å². The van der Waals surface area contributed by atoms with Crippen LogP contribution in [0.15, 0.2) is 53.4 Å². The third-order valence-electron chi connectivity index (χ3n) is 4.71. The summed E-state index contributed by atoms with van der Waals surface area (Å²) >= 11 is 0. The van der Waals surface area contributed by atoms with Crippen molar-refractivity contribution in [2.45, 2.75) is 19.6 Å². The lowest BCUT2D eigenvalue weighted by molar-refractivity contribution is -0.137. The van der Waals surface area contributed by atoms with Crippen LogP contribution in [0, 0.1) is 6.92 Å². The van der Waals surface area contributed by atoms with E-state index in [1.165, 1.54) is 18.4 Å². The van der Waals surface area contributed by atoms with Gasteiger partial charge in [0.25, 0.3) is 5.89 Å². The molecule has 0 saturated heterocycles. The molecule has 1 amide bonds. The van der Waals surface area contributed by atoms with Crippen LogP contribution in [0.4, 0.5) is 24.9 Å². The van der Waals surface area contributed by atoms with Gasteiger partial charge in [-0.3, -0.25) is 9.48 Å². The molecule has 0 bridgehead atoms. The van der Waals surface area contributed by atoms with Crippen molar-refractivity contribution in [3.63, 3.8) is 0 Å². The van der Waals surface area contributed by atoms with Gasteiger partial charge in [-0.1, -0.05) is 12.1 Å². The molecule has 0 unspecified atom stereocenters. The lowest BCUT2D eigenvalue weighted by Crippen LogP contribution is -2.23.